The topological polar surface area (TPSA) is 48.0 Å². The smallest absolute Gasteiger partial charge is 0.409 e. The second kappa shape index (κ2) is 8.61. The molecule has 138 valence electrons. The van der Waals surface area contributed by atoms with E-state index in [0.29, 0.717) is 19.7 Å². The molecule has 0 bridgehead atoms. The standard InChI is InChI=1S/C21H25NO4/c1-3-25-21(23)22-13-11-19(12-14-22)26-20-6-4-5-17(15-20)16-7-9-18(24-2)10-8-16/h4-10,15,19H,3,11-14H2,1-2H3. The molecule has 1 saturated heterocycles. The van der Waals surface area contributed by atoms with Crippen molar-refractivity contribution >= 4 is 6.09 Å². The molecular formula is C21H25NO4. The number of carbonyl (C=O) groups is 1. The average Bonchev–Trinajstić information content (AvgIpc) is 2.69. The Bertz CT molecular complexity index is 721. The van der Waals surface area contributed by atoms with Crippen molar-refractivity contribution in [3.63, 3.8) is 0 Å². The van der Waals surface area contributed by atoms with Crippen LogP contribution >= 0.6 is 0 Å². The first-order valence-corrected chi connectivity index (χ1v) is 9.02. The van der Waals surface area contributed by atoms with Gasteiger partial charge in [-0.2, -0.15) is 0 Å². The van der Waals surface area contributed by atoms with E-state index in [2.05, 4.69) is 12.1 Å². The molecule has 0 N–H and O–H groups in total. The van der Waals surface area contributed by atoms with Crippen molar-refractivity contribution in [2.45, 2.75) is 25.9 Å². The van der Waals surface area contributed by atoms with Gasteiger partial charge in [-0.3, -0.25) is 0 Å². The predicted octanol–water partition coefficient (Wildman–Crippen LogP) is 4.36. The summed E-state index contributed by atoms with van der Waals surface area (Å²) < 4.78 is 16.4. The van der Waals surface area contributed by atoms with Gasteiger partial charge in [0.15, 0.2) is 0 Å². The number of benzene rings is 2. The van der Waals surface area contributed by atoms with Crippen LogP contribution in [0.2, 0.25) is 0 Å². The molecule has 5 nitrogen and oxygen atoms in total. The van der Waals surface area contributed by atoms with Crippen molar-refractivity contribution in [1.29, 1.82) is 0 Å². The molecule has 5 heteroatoms. The molecule has 1 aliphatic rings. The van der Waals surface area contributed by atoms with E-state index in [1.54, 1.807) is 12.0 Å². The van der Waals surface area contributed by atoms with Crippen molar-refractivity contribution < 1.29 is 19.0 Å². The molecule has 26 heavy (non-hydrogen) atoms. The highest BCUT2D eigenvalue weighted by atomic mass is 16.6. The maximum Gasteiger partial charge on any atom is 0.409 e. The fourth-order valence-corrected chi connectivity index (χ4v) is 3.10. The SMILES string of the molecule is CCOC(=O)N1CCC(Oc2cccc(-c3ccc(OC)cc3)c2)CC1. The van der Waals surface area contributed by atoms with Crippen LogP contribution in [0.25, 0.3) is 11.1 Å². The highest BCUT2D eigenvalue weighted by molar-refractivity contribution is 5.67. The van der Waals surface area contributed by atoms with Gasteiger partial charge in [-0.15, -0.1) is 0 Å². The Morgan fingerprint density at radius 3 is 2.42 bits per heavy atom. The number of likely N-dealkylation sites (tertiary alicyclic amines) is 1. The summed E-state index contributed by atoms with van der Waals surface area (Å²) in [6.45, 7) is 3.57. The minimum Gasteiger partial charge on any atom is -0.497 e. The second-order valence-corrected chi connectivity index (χ2v) is 6.26. The fourth-order valence-electron chi connectivity index (χ4n) is 3.10. The van der Waals surface area contributed by atoms with Crippen LogP contribution in [0, 0.1) is 0 Å². The summed E-state index contributed by atoms with van der Waals surface area (Å²) in [4.78, 5) is 13.5. The van der Waals surface area contributed by atoms with Crippen molar-refractivity contribution in [2.75, 3.05) is 26.8 Å². The van der Waals surface area contributed by atoms with Crippen molar-refractivity contribution in [3.8, 4) is 22.6 Å². The summed E-state index contributed by atoms with van der Waals surface area (Å²) in [6.07, 6.45) is 1.51. The molecule has 0 aromatic heterocycles. The van der Waals surface area contributed by atoms with E-state index in [4.69, 9.17) is 14.2 Å². The zero-order valence-corrected chi connectivity index (χ0v) is 15.3. The number of rotatable bonds is 5. The zero-order chi connectivity index (χ0) is 18.4. The molecule has 0 atom stereocenters. The molecule has 1 fully saturated rings. The Morgan fingerprint density at radius 1 is 1.04 bits per heavy atom. The molecule has 2 aromatic rings. The molecule has 0 aliphatic carbocycles. The highest BCUT2D eigenvalue weighted by Crippen LogP contribution is 2.27. The number of hydrogen-bond donors (Lipinski definition) is 0. The maximum atomic E-state index is 11.8. The van der Waals surface area contributed by atoms with E-state index < -0.39 is 0 Å². The van der Waals surface area contributed by atoms with Gasteiger partial charge in [0.2, 0.25) is 0 Å². The van der Waals surface area contributed by atoms with Crippen LogP contribution in [0.3, 0.4) is 0 Å². The summed E-state index contributed by atoms with van der Waals surface area (Å²) in [7, 11) is 1.66. The largest absolute Gasteiger partial charge is 0.497 e. The van der Waals surface area contributed by atoms with Crippen LogP contribution in [-0.2, 0) is 4.74 Å². The predicted molar refractivity (Wildman–Crippen MR) is 101 cm³/mol. The van der Waals surface area contributed by atoms with Crippen molar-refractivity contribution in [1.82, 2.24) is 4.90 Å². The van der Waals surface area contributed by atoms with Gasteiger partial charge in [0.05, 0.1) is 13.7 Å². The lowest BCUT2D eigenvalue weighted by Gasteiger charge is -2.31. The third-order valence-corrected chi connectivity index (χ3v) is 4.53. The summed E-state index contributed by atoms with van der Waals surface area (Å²) in [5.74, 6) is 1.70. The van der Waals surface area contributed by atoms with Gasteiger partial charge < -0.3 is 19.1 Å². The number of ether oxygens (including phenoxy) is 3. The highest BCUT2D eigenvalue weighted by Gasteiger charge is 2.24. The quantitative estimate of drug-likeness (QED) is 0.799. The molecule has 3 rings (SSSR count). The van der Waals surface area contributed by atoms with Gasteiger partial charge in [-0.25, -0.2) is 4.79 Å². The van der Waals surface area contributed by atoms with E-state index in [0.717, 1.165) is 35.5 Å². The van der Waals surface area contributed by atoms with E-state index in [1.165, 1.54) is 0 Å². The lowest BCUT2D eigenvalue weighted by Crippen LogP contribution is -2.42. The zero-order valence-electron chi connectivity index (χ0n) is 15.3. The average molecular weight is 355 g/mol. The van der Waals surface area contributed by atoms with Gasteiger partial charge in [0, 0.05) is 25.9 Å². The van der Waals surface area contributed by atoms with Gasteiger partial charge in [-0.05, 0) is 42.3 Å². The summed E-state index contributed by atoms with van der Waals surface area (Å²) in [6, 6.07) is 16.1. The summed E-state index contributed by atoms with van der Waals surface area (Å²) >= 11 is 0. The van der Waals surface area contributed by atoms with Crippen LogP contribution in [-0.4, -0.2) is 43.9 Å². The lowest BCUT2D eigenvalue weighted by molar-refractivity contribution is 0.0703. The Morgan fingerprint density at radius 2 is 1.77 bits per heavy atom. The Labute approximate surface area is 154 Å². The molecule has 1 amide bonds. The number of amides is 1. The third kappa shape index (κ3) is 4.48. The monoisotopic (exact) mass is 355 g/mol. The number of hydrogen-bond acceptors (Lipinski definition) is 4. The van der Waals surface area contributed by atoms with Crippen molar-refractivity contribution in [3.05, 3.63) is 48.5 Å². The molecular weight excluding hydrogens is 330 g/mol. The maximum absolute atomic E-state index is 11.8. The minimum atomic E-state index is -0.229. The van der Waals surface area contributed by atoms with E-state index in [-0.39, 0.29) is 12.2 Å². The third-order valence-electron chi connectivity index (χ3n) is 4.53. The first-order chi connectivity index (χ1) is 12.7. The van der Waals surface area contributed by atoms with Crippen LogP contribution in [0.1, 0.15) is 19.8 Å². The molecule has 0 saturated carbocycles. The summed E-state index contributed by atoms with van der Waals surface area (Å²) in [5, 5.41) is 0. The van der Waals surface area contributed by atoms with Crippen LogP contribution in [0.15, 0.2) is 48.5 Å². The van der Waals surface area contributed by atoms with E-state index >= 15 is 0 Å². The first kappa shape index (κ1) is 18.1. The molecule has 1 aliphatic heterocycles. The molecule has 2 aromatic carbocycles. The molecule has 0 unspecified atom stereocenters. The number of carbonyl (C=O) groups excluding carboxylic acids is 1. The van der Waals surface area contributed by atoms with Gasteiger partial charge in [0.25, 0.3) is 0 Å². The van der Waals surface area contributed by atoms with Crippen LogP contribution in [0.5, 0.6) is 11.5 Å². The van der Waals surface area contributed by atoms with E-state index in [1.807, 2.05) is 43.3 Å². The second-order valence-electron chi connectivity index (χ2n) is 6.26. The number of piperidine rings is 1. The first-order valence-electron chi connectivity index (χ1n) is 9.02. The molecule has 1 heterocycles. The minimum absolute atomic E-state index is 0.117. The van der Waals surface area contributed by atoms with Gasteiger partial charge >= 0.3 is 6.09 Å². The van der Waals surface area contributed by atoms with Gasteiger partial charge in [0.1, 0.15) is 17.6 Å². The van der Waals surface area contributed by atoms with Crippen LogP contribution < -0.4 is 9.47 Å². The summed E-state index contributed by atoms with van der Waals surface area (Å²) in [5.41, 5.74) is 2.22. The Balaban J connectivity index is 1.60. The van der Waals surface area contributed by atoms with Crippen molar-refractivity contribution in [2.24, 2.45) is 0 Å². The number of methoxy groups -OCH3 is 1. The van der Waals surface area contributed by atoms with E-state index in [9.17, 15) is 4.79 Å². The Hall–Kier alpha value is -2.69. The molecule has 0 radical (unpaired) electrons. The molecule has 0 spiro atoms. The normalized spacial score (nSPS) is 14.8. The fraction of sp³-hybridized carbons (Fsp3) is 0.381. The van der Waals surface area contributed by atoms with Gasteiger partial charge in [-0.1, -0.05) is 24.3 Å². The Kier molecular flexibility index (Phi) is 6.00. The van der Waals surface area contributed by atoms with Crippen LogP contribution in [0.4, 0.5) is 4.79 Å². The number of nitrogens with zero attached hydrogens (tertiary/aromatic N) is 1. The lowest BCUT2D eigenvalue weighted by atomic mass is 10.0.